The van der Waals surface area contributed by atoms with Crippen molar-refractivity contribution in [1.82, 2.24) is 9.97 Å². The van der Waals surface area contributed by atoms with E-state index in [4.69, 9.17) is 11.5 Å². The summed E-state index contributed by atoms with van der Waals surface area (Å²) in [7, 11) is 3.71. The van der Waals surface area contributed by atoms with Gasteiger partial charge in [0.05, 0.1) is 32.3 Å². The summed E-state index contributed by atoms with van der Waals surface area (Å²) < 4.78 is 0. The number of nitro groups is 2. The molecular weight excluding hydrogens is 342 g/mol. The van der Waals surface area contributed by atoms with Gasteiger partial charge in [-0.25, -0.2) is 4.98 Å². The summed E-state index contributed by atoms with van der Waals surface area (Å²) in [6, 6.07) is 8.52. The molecule has 0 amide bonds. The van der Waals surface area contributed by atoms with Gasteiger partial charge in [0.25, 0.3) is 11.4 Å². The number of nitrogens with one attached hydrogen (secondary N) is 1. The van der Waals surface area contributed by atoms with Crippen LogP contribution >= 0.6 is 0 Å². The number of H-pyrrole nitrogens is 1. The van der Waals surface area contributed by atoms with E-state index in [1.807, 2.05) is 19.0 Å². The Kier molecular flexibility index (Phi) is 5.21. The van der Waals surface area contributed by atoms with E-state index in [0.29, 0.717) is 17.2 Å². The third kappa shape index (κ3) is 4.14. The molecule has 0 atom stereocenters. The van der Waals surface area contributed by atoms with Crippen LogP contribution in [0.25, 0.3) is 11.0 Å². The minimum absolute atomic E-state index is 0.0447. The van der Waals surface area contributed by atoms with Gasteiger partial charge in [0.1, 0.15) is 0 Å². The first-order valence-corrected chi connectivity index (χ1v) is 7.30. The lowest BCUT2D eigenvalue weighted by Crippen LogP contribution is -2.09. The van der Waals surface area contributed by atoms with E-state index in [1.165, 1.54) is 30.3 Å². The topological polar surface area (TPSA) is 170 Å². The normalized spacial score (nSPS) is 10.1. The first-order chi connectivity index (χ1) is 12.2. The number of aromatic amines is 1. The maximum atomic E-state index is 10.5. The summed E-state index contributed by atoms with van der Waals surface area (Å²) in [6.07, 6.45) is 0. The molecule has 3 aromatic rings. The highest BCUT2D eigenvalue weighted by molar-refractivity contribution is 5.80. The zero-order valence-electron chi connectivity index (χ0n) is 14.0. The number of aromatic nitrogens is 2. The lowest BCUT2D eigenvalue weighted by molar-refractivity contribution is -0.384. The van der Waals surface area contributed by atoms with E-state index in [0.717, 1.165) is 5.52 Å². The summed E-state index contributed by atoms with van der Waals surface area (Å²) in [5.41, 5.74) is 12.7. The Morgan fingerprint density at radius 2 is 1.54 bits per heavy atom. The summed E-state index contributed by atoms with van der Waals surface area (Å²) in [6.45, 7) is 0. The van der Waals surface area contributed by atoms with Crippen LogP contribution in [0.1, 0.15) is 0 Å². The van der Waals surface area contributed by atoms with Crippen LogP contribution in [0.2, 0.25) is 0 Å². The van der Waals surface area contributed by atoms with Gasteiger partial charge < -0.3 is 21.4 Å². The molecule has 0 saturated heterocycles. The Balaban J connectivity index is 0.000000197. The fraction of sp³-hybridized carbons (Fsp3) is 0.133. The maximum Gasteiger partial charge on any atom is 0.271 e. The Bertz CT molecular complexity index is 968. The number of hydrogen-bond donors (Lipinski definition) is 3. The third-order valence-corrected chi connectivity index (χ3v) is 3.37. The Labute approximate surface area is 147 Å². The number of nitrogens with two attached hydrogens (primary N) is 2. The number of imidazole rings is 1. The van der Waals surface area contributed by atoms with Crippen molar-refractivity contribution in [2.45, 2.75) is 0 Å². The van der Waals surface area contributed by atoms with E-state index < -0.39 is 9.85 Å². The van der Waals surface area contributed by atoms with Crippen LogP contribution in [0.5, 0.6) is 0 Å². The zero-order chi connectivity index (χ0) is 19.4. The van der Waals surface area contributed by atoms with Crippen molar-refractivity contribution in [1.29, 1.82) is 0 Å². The van der Waals surface area contributed by atoms with Gasteiger partial charge in [0.15, 0.2) is 0 Å². The van der Waals surface area contributed by atoms with Crippen LogP contribution < -0.4 is 16.4 Å². The molecule has 2 aromatic carbocycles. The smallest absolute Gasteiger partial charge is 0.271 e. The largest absolute Gasteiger partial charge is 0.397 e. The monoisotopic (exact) mass is 359 g/mol. The predicted octanol–water partition coefficient (Wildman–Crippen LogP) is 2.30. The van der Waals surface area contributed by atoms with Crippen molar-refractivity contribution >= 4 is 39.7 Å². The summed E-state index contributed by atoms with van der Waals surface area (Å²) in [4.78, 5) is 28.9. The molecule has 136 valence electrons. The maximum absolute atomic E-state index is 10.5. The highest BCUT2D eigenvalue weighted by Crippen LogP contribution is 2.21. The number of anilines is 3. The summed E-state index contributed by atoms with van der Waals surface area (Å²) in [5.74, 6) is 0.686. The van der Waals surface area contributed by atoms with Gasteiger partial charge in [-0.3, -0.25) is 20.2 Å². The molecule has 0 saturated carbocycles. The van der Waals surface area contributed by atoms with E-state index in [9.17, 15) is 20.2 Å². The number of non-ortho nitro benzene ring substituents is 2. The Morgan fingerprint density at radius 1 is 0.962 bits per heavy atom. The van der Waals surface area contributed by atoms with Crippen LogP contribution in [-0.2, 0) is 0 Å². The van der Waals surface area contributed by atoms with E-state index in [-0.39, 0.29) is 17.1 Å². The molecule has 11 nitrogen and oxygen atoms in total. The molecule has 1 aromatic heterocycles. The molecular formula is C15H17N7O4. The first kappa shape index (κ1) is 18.4. The van der Waals surface area contributed by atoms with Crippen molar-refractivity contribution in [3.05, 3.63) is 56.6 Å². The van der Waals surface area contributed by atoms with Gasteiger partial charge in [-0.2, -0.15) is 0 Å². The van der Waals surface area contributed by atoms with E-state index in [1.54, 1.807) is 6.07 Å². The highest BCUT2D eigenvalue weighted by Gasteiger charge is 2.10. The number of benzene rings is 2. The number of hydrogen-bond acceptors (Lipinski definition) is 8. The van der Waals surface area contributed by atoms with Crippen LogP contribution in [0.15, 0.2) is 36.4 Å². The van der Waals surface area contributed by atoms with Gasteiger partial charge in [-0.05, 0) is 12.1 Å². The van der Waals surface area contributed by atoms with Gasteiger partial charge in [0.2, 0.25) is 5.95 Å². The lowest BCUT2D eigenvalue weighted by atomic mass is 10.2. The summed E-state index contributed by atoms with van der Waals surface area (Å²) >= 11 is 0. The Hall–Kier alpha value is -3.89. The quantitative estimate of drug-likeness (QED) is 0.363. The molecule has 1 heterocycles. The fourth-order valence-electron chi connectivity index (χ4n) is 1.99. The molecule has 11 heteroatoms. The lowest BCUT2D eigenvalue weighted by Gasteiger charge is -2.05. The summed E-state index contributed by atoms with van der Waals surface area (Å²) in [5, 5.41) is 20.7. The van der Waals surface area contributed by atoms with E-state index in [2.05, 4.69) is 9.97 Å². The van der Waals surface area contributed by atoms with Gasteiger partial charge in [0, 0.05) is 38.4 Å². The molecule has 0 unspecified atom stereocenters. The van der Waals surface area contributed by atoms with Crippen molar-refractivity contribution in [2.24, 2.45) is 0 Å². The Morgan fingerprint density at radius 3 is 2.08 bits per heavy atom. The molecule has 0 radical (unpaired) electrons. The van der Waals surface area contributed by atoms with Gasteiger partial charge in [-0.15, -0.1) is 0 Å². The zero-order valence-corrected chi connectivity index (χ0v) is 14.0. The molecule has 5 N–H and O–H groups in total. The molecule has 0 spiro atoms. The predicted molar refractivity (Wildman–Crippen MR) is 99.0 cm³/mol. The second kappa shape index (κ2) is 7.34. The number of fused-ring (bicyclic) bond motifs is 1. The average Bonchev–Trinajstić information content (AvgIpc) is 3.01. The molecule has 0 bridgehead atoms. The van der Waals surface area contributed by atoms with E-state index >= 15 is 0 Å². The van der Waals surface area contributed by atoms with Crippen molar-refractivity contribution in [2.75, 3.05) is 30.5 Å². The number of nitrogen functional groups attached to an aromatic ring is 2. The second-order valence-corrected chi connectivity index (χ2v) is 5.48. The molecule has 3 rings (SSSR count). The second-order valence-electron chi connectivity index (χ2n) is 5.48. The molecule has 0 aliphatic rings. The van der Waals surface area contributed by atoms with Crippen molar-refractivity contribution in [3.8, 4) is 0 Å². The van der Waals surface area contributed by atoms with Gasteiger partial charge in [-0.1, -0.05) is 0 Å². The van der Waals surface area contributed by atoms with Crippen LogP contribution in [0.3, 0.4) is 0 Å². The van der Waals surface area contributed by atoms with Gasteiger partial charge >= 0.3 is 0 Å². The third-order valence-electron chi connectivity index (χ3n) is 3.37. The minimum Gasteiger partial charge on any atom is -0.397 e. The fourth-order valence-corrected chi connectivity index (χ4v) is 1.99. The standard InChI is InChI=1S/C9H10N4O2.C6H7N3O2/c1-12(2)9-10-7-4-3-6(13(14)15)5-8(7)11-9;7-5-2-1-4(9(10)11)3-6(5)8/h3-5H,1-2H3,(H,10,11);1-3H,7-8H2. The van der Waals surface area contributed by atoms with Crippen LogP contribution in [0, 0.1) is 20.2 Å². The molecule has 0 fully saturated rings. The number of nitrogens with zero attached hydrogens (tertiary/aromatic N) is 4. The average molecular weight is 359 g/mol. The molecule has 0 aliphatic carbocycles. The van der Waals surface area contributed by atoms with Crippen molar-refractivity contribution in [3.63, 3.8) is 0 Å². The molecule has 0 aliphatic heterocycles. The number of nitro benzene ring substituents is 2. The first-order valence-electron chi connectivity index (χ1n) is 7.30. The number of rotatable bonds is 3. The highest BCUT2D eigenvalue weighted by atomic mass is 16.6. The van der Waals surface area contributed by atoms with Crippen LogP contribution in [-0.4, -0.2) is 33.9 Å². The minimum atomic E-state index is -0.518. The van der Waals surface area contributed by atoms with Crippen molar-refractivity contribution < 1.29 is 9.85 Å². The SMILES string of the molecule is CN(C)c1nc2ccc([N+](=O)[O-])cc2[nH]1.Nc1ccc([N+](=O)[O-])cc1N. The molecule has 26 heavy (non-hydrogen) atoms. The van der Waals surface area contributed by atoms with Crippen LogP contribution in [0.4, 0.5) is 28.7 Å².